The van der Waals surface area contributed by atoms with Gasteiger partial charge < -0.3 is 10.1 Å². The zero-order valence-electron chi connectivity index (χ0n) is 9.38. The highest BCUT2D eigenvalue weighted by molar-refractivity contribution is 5.76. The van der Waals surface area contributed by atoms with Crippen LogP contribution in [0.4, 0.5) is 0 Å². The maximum atomic E-state index is 11.4. The SMILES string of the molecule is CC.CCOC(=O)C1NC2CCC1C2. The van der Waals surface area contributed by atoms with Gasteiger partial charge in [0.25, 0.3) is 0 Å². The first-order valence-electron chi connectivity index (χ1n) is 5.74. The van der Waals surface area contributed by atoms with Gasteiger partial charge in [0.05, 0.1) is 6.61 Å². The molecule has 1 aliphatic heterocycles. The highest BCUT2D eigenvalue weighted by Crippen LogP contribution is 2.35. The summed E-state index contributed by atoms with van der Waals surface area (Å²) in [5, 5.41) is 3.30. The van der Waals surface area contributed by atoms with Crippen LogP contribution in [0.2, 0.25) is 0 Å². The highest BCUT2D eigenvalue weighted by Gasteiger charge is 2.43. The predicted octanol–water partition coefficient (Wildman–Crippen LogP) is 1.72. The van der Waals surface area contributed by atoms with E-state index < -0.39 is 0 Å². The van der Waals surface area contributed by atoms with Gasteiger partial charge in [-0.2, -0.15) is 0 Å². The molecule has 2 rings (SSSR count). The van der Waals surface area contributed by atoms with Gasteiger partial charge in [-0.25, -0.2) is 0 Å². The van der Waals surface area contributed by atoms with Crippen LogP contribution in [-0.2, 0) is 9.53 Å². The van der Waals surface area contributed by atoms with E-state index in [0.29, 0.717) is 18.6 Å². The summed E-state index contributed by atoms with van der Waals surface area (Å²) in [6.45, 7) is 6.35. The fraction of sp³-hybridized carbons (Fsp3) is 0.909. The van der Waals surface area contributed by atoms with E-state index >= 15 is 0 Å². The van der Waals surface area contributed by atoms with E-state index in [1.54, 1.807) is 0 Å². The van der Waals surface area contributed by atoms with Crippen LogP contribution in [0.5, 0.6) is 0 Å². The minimum absolute atomic E-state index is 0.00343. The number of piperidine rings is 1. The first-order chi connectivity index (χ1) is 6.81. The average molecular weight is 199 g/mol. The second-order valence-corrected chi connectivity index (χ2v) is 3.67. The predicted molar refractivity (Wildman–Crippen MR) is 56.0 cm³/mol. The van der Waals surface area contributed by atoms with E-state index in [4.69, 9.17) is 4.74 Å². The Morgan fingerprint density at radius 1 is 1.43 bits per heavy atom. The van der Waals surface area contributed by atoms with Crippen LogP contribution in [0.3, 0.4) is 0 Å². The van der Waals surface area contributed by atoms with Crippen molar-refractivity contribution in [3.63, 3.8) is 0 Å². The second kappa shape index (κ2) is 5.35. The molecule has 3 heteroatoms. The number of esters is 1. The highest BCUT2D eigenvalue weighted by atomic mass is 16.5. The first kappa shape index (κ1) is 11.5. The third-order valence-corrected chi connectivity index (χ3v) is 2.90. The quantitative estimate of drug-likeness (QED) is 0.688. The number of hydrogen-bond donors (Lipinski definition) is 1. The Morgan fingerprint density at radius 3 is 2.57 bits per heavy atom. The van der Waals surface area contributed by atoms with Crippen LogP contribution >= 0.6 is 0 Å². The zero-order chi connectivity index (χ0) is 10.6. The van der Waals surface area contributed by atoms with Crippen LogP contribution < -0.4 is 5.32 Å². The molecule has 0 spiro atoms. The minimum atomic E-state index is -0.0512. The van der Waals surface area contributed by atoms with Crippen molar-refractivity contribution in [1.82, 2.24) is 5.32 Å². The smallest absolute Gasteiger partial charge is 0.323 e. The van der Waals surface area contributed by atoms with Crippen LogP contribution in [0, 0.1) is 5.92 Å². The summed E-state index contributed by atoms with van der Waals surface area (Å²) in [4.78, 5) is 11.4. The van der Waals surface area contributed by atoms with E-state index in [-0.39, 0.29) is 12.0 Å². The number of rotatable bonds is 2. The first-order valence-corrected chi connectivity index (χ1v) is 5.74. The van der Waals surface area contributed by atoms with Gasteiger partial charge in [-0.15, -0.1) is 0 Å². The van der Waals surface area contributed by atoms with Crippen molar-refractivity contribution in [2.75, 3.05) is 6.61 Å². The summed E-state index contributed by atoms with van der Waals surface area (Å²) in [6.07, 6.45) is 3.60. The molecule has 1 N–H and O–H groups in total. The summed E-state index contributed by atoms with van der Waals surface area (Å²) in [5.41, 5.74) is 0. The molecule has 0 radical (unpaired) electrons. The van der Waals surface area contributed by atoms with Crippen molar-refractivity contribution in [2.24, 2.45) is 5.92 Å². The van der Waals surface area contributed by atoms with Crippen LogP contribution in [-0.4, -0.2) is 24.7 Å². The molecule has 0 aromatic rings. The molecule has 1 saturated carbocycles. The van der Waals surface area contributed by atoms with E-state index in [0.717, 1.165) is 0 Å². The molecule has 2 fully saturated rings. The molecule has 0 aromatic heterocycles. The van der Waals surface area contributed by atoms with E-state index in [9.17, 15) is 4.79 Å². The number of hydrogen-bond acceptors (Lipinski definition) is 3. The Morgan fingerprint density at radius 2 is 2.14 bits per heavy atom. The Balaban J connectivity index is 0.000000461. The average Bonchev–Trinajstić information content (AvgIpc) is 2.82. The fourth-order valence-corrected chi connectivity index (χ4v) is 2.35. The van der Waals surface area contributed by atoms with Gasteiger partial charge in [0, 0.05) is 6.04 Å². The number of carbonyl (C=O) groups is 1. The van der Waals surface area contributed by atoms with E-state index in [2.05, 4.69) is 5.32 Å². The van der Waals surface area contributed by atoms with E-state index in [1.165, 1.54) is 19.3 Å². The third kappa shape index (κ3) is 2.27. The zero-order valence-corrected chi connectivity index (χ0v) is 9.38. The molecule has 0 aromatic carbocycles. The molecule has 82 valence electrons. The number of carbonyl (C=O) groups excluding carboxylic acids is 1. The third-order valence-electron chi connectivity index (χ3n) is 2.90. The lowest BCUT2D eigenvalue weighted by molar-refractivity contribution is -0.146. The molecule has 1 saturated heterocycles. The normalized spacial score (nSPS) is 33.5. The maximum absolute atomic E-state index is 11.4. The van der Waals surface area contributed by atoms with Gasteiger partial charge in [0.2, 0.25) is 0 Å². The van der Waals surface area contributed by atoms with Crippen LogP contribution in [0.15, 0.2) is 0 Å². The Bertz CT molecular complexity index is 194. The number of ether oxygens (including phenoxy) is 1. The van der Waals surface area contributed by atoms with Crippen molar-refractivity contribution in [3.05, 3.63) is 0 Å². The standard InChI is InChI=1S/C9H15NO2.C2H6/c1-2-12-9(11)8-6-3-4-7(5-6)10-8;1-2/h6-8,10H,2-5H2,1H3;1-2H3. The minimum Gasteiger partial charge on any atom is -0.465 e. The summed E-state index contributed by atoms with van der Waals surface area (Å²) < 4.78 is 4.98. The molecule has 1 aliphatic carbocycles. The Kier molecular flexibility index (Phi) is 4.39. The molecule has 14 heavy (non-hydrogen) atoms. The summed E-state index contributed by atoms with van der Waals surface area (Å²) in [7, 11) is 0. The van der Waals surface area contributed by atoms with Gasteiger partial charge in [0.1, 0.15) is 6.04 Å². The maximum Gasteiger partial charge on any atom is 0.323 e. The number of fused-ring (bicyclic) bond motifs is 2. The molecule has 3 unspecified atom stereocenters. The summed E-state index contributed by atoms with van der Waals surface area (Å²) in [6, 6.07) is 0.591. The van der Waals surface area contributed by atoms with Crippen LogP contribution in [0.25, 0.3) is 0 Å². The van der Waals surface area contributed by atoms with Crippen molar-refractivity contribution in [3.8, 4) is 0 Å². The molecule has 1 heterocycles. The van der Waals surface area contributed by atoms with Gasteiger partial charge in [0.15, 0.2) is 0 Å². The van der Waals surface area contributed by atoms with Gasteiger partial charge in [-0.05, 0) is 32.1 Å². The van der Waals surface area contributed by atoms with Gasteiger partial charge in [-0.3, -0.25) is 4.79 Å². The van der Waals surface area contributed by atoms with Crippen molar-refractivity contribution in [2.45, 2.75) is 52.1 Å². The fourth-order valence-electron chi connectivity index (χ4n) is 2.35. The Labute approximate surface area is 86.2 Å². The van der Waals surface area contributed by atoms with Gasteiger partial charge >= 0.3 is 5.97 Å². The molecule has 3 atom stereocenters. The molecule has 0 amide bonds. The molecular formula is C11H21NO2. The lowest BCUT2D eigenvalue weighted by atomic mass is 10.0. The summed E-state index contributed by atoms with van der Waals surface area (Å²) >= 11 is 0. The largest absolute Gasteiger partial charge is 0.465 e. The van der Waals surface area contributed by atoms with Crippen LogP contribution in [0.1, 0.15) is 40.0 Å². The lowest BCUT2D eigenvalue weighted by Gasteiger charge is -2.20. The Hall–Kier alpha value is -0.570. The van der Waals surface area contributed by atoms with Crippen molar-refractivity contribution >= 4 is 5.97 Å². The topological polar surface area (TPSA) is 38.3 Å². The van der Waals surface area contributed by atoms with Gasteiger partial charge in [-0.1, -0.05) is 13.8 Å². The molecule has 2 aliphatic rings. The summed E-state index contributed by atoms with van der Waals surface area (Å²) in [5.74, 6) is 0.499. The molecule has 2 bridgehead atoms. The monoisotopic (exact) mass is 199 g/mol. The second-order valence-electron chi connectivity index (χ2n) is 3.67. The lowest BCUT2D eigenvalue weighted by Crippen LogP contribution is -2.42. The molecule has 3 nitrogen and oxygen atoms in total. The number of nitrogens with one attached hydrogen (secondary N) is 1. The van der Waals surface area contributed by atoms with E-state index in [1.807, 2.05) is 20.8 Å². The van der Waals surface area contributed by atoms with Crippen molar-refractivity contribution in [1.29, 1.82) is 0 Å². The molecular weight excluding hydrogens is 178 g/mol. The van der Waals surface area contributed by atoms with Crippen molar-refractivity contribution < 1.29 is 9.53 Å².